The maximum absolute atomic E-state index is 14.3. The number of benzene rings is 1. The van der Waals surface area contributed by atoms with E-state index in [0.29, 0.717) is 39.1 Å². The Balaban J connectivity index is 1.53. The van der Waals surface area contributed by atoms with E-state index in [1.54, 1.807) is 9.80 Å². The SMILES string of the molecule is C[C@]12/C=C\CCCCOC(=O)[C@H]1[C@H]1C(=O)N(CCCCCCO)C3C(=O)N(Cc4ccccc4)CC=C[C@@]31O2. The summed E-state index contributed by atoms with van der Waals surface area (Å²) in [5.74, 6) is -2.52. The molecule has 4 aliphatic rings. The molecule has 1 N–H and O–H groups in total. The molecule has 2 amide bonds. The number of cyclic esters (lactones) is 1. The van der Waals surface area contributed by atoms with E-state index >= 15 is 0 Å². The Labute approximate surface area is 230 Å². The fraction of sp³-hybridized carbons (Fsp3) is 0.581. The molecule has 0 aliphatic carbocycles. The van der Waals surface area contributed by atoms with Crippen molar-refractivity contribution < 1.29 is 29.0 Å². The molecule has 0 bridgehead atoms. The lowest BCUT2D eigenvalue weighted by Crippen LogP contribution is -2.55. The number of aliphatic hydroxyl groups excluding tert-OH is 1. The fourth-order valence-electron chi connectivity index (χ4n) is 6.78. The second-order valence-electron chi connectivity index (χ2n) is 11.3. The number of unbranched alkanes of at least 4 members (excludes halogenated alkanes) is 3. The molecule has 210 valence electrons. The number of esters is 1. The van der Waals surface area contributed by atoms with Crippen molar-refractivity contribution in [3.8, 4) is 0 Å². The van der Waals surface area contributed by atoms with Crippen molar-refractivity contribution in [1.29, 1.82) is 0 Å². The average molecular weight is 537 g/mol. The lowest BCUT2D eigenvalue weighted by atomic mass is 9.74. The van der Waals surface area contributed by atoms with Crippen molar-refractivity contribution in [2.24, 2.45) is 11.8 Å². The molecule has 39 heavy (non-hydrogen) atoms. The van der Waals surface area contributed by atoms with E-state index in [1.165, 1.54) is 0 Å². The molecule has 4 heterocycles. The van der Waals surface area contributed by atoms with Crippen LogP contribution in [0.1, 0.15) is 57.4 Å². The van der Waals surface area contributed by atoms with Gasteiger partial charge in [-0.3, -0.25) is 14.4 Å². The lowest BCUT2D eigenvalue weighted by molar-refractivity contribution is -0.160. The monoisotopic (exact) mass is 536 g/mol. The van der Waals surface area contributed by atoms with Gasteiger partial charge in [-0.2, -0.15) is 0 Å². The molecule has 1 spiro atoms. The van der Waals surface area contributed by atoms with Crippen molar-refractivity contribution in [2.75, 3.05) is 26.3 Å². The van der Waals surface area contributed by atoms with Gasteiger partial charge in [0.1, 0.15) is 17.6 Å². The third-order valence-electron chi connectivity index (χ3n) is 8.61. The van der Waals surface area contributed by atoms with Crippen LogP contribution in [0.15, 0.2) is 54.6 Å². The van der Waals surface area contributed by atoms with E-state index in [1.807, 2.05) is 61.6 Å². The van der Waals surface area contributed by atoms with Crippen LogP contribution in [0.25, 0.3) is 0 Å². The first-order valence-corrected chi connectivity index (χ1v) is 14.4. The summed E-state index contributed by atoms with van der Waals surface area (Å²) < 4.78 is 12.5. The number of amides is 2. The molecule has 1 aromatic rings. The summed E-state index contributed by atoms with van der Waals surface area (Å²) in [4.78, 5) is 45.6. The zero-order chi connectivity index (χ0) is 27.5. The Morgan fingerprint density at radius 3 is 2.54 bits per heavy atom. The molecule has 4 aliphatic heterocycles. The molecule has 0 saturated carbocycles. The molecule has 2 saturated heterocycles. The molecular formula is C31H40N2O6. The quantitative estimate of drug-likeness (QED) is 0.311. The third kappa shape index (κ3) is 5.16. The maximum atomic E-state index is 14.3. The molecule has 8 heteroatoms. The molecular weight excluding hydrogens is 496 g/mol. The van der Waals surface area contributed by atoms with Gasteiger partial charge >= 0.3 is 5.97 Å². The number of hydrogen-bond acceptors (Lipinski definition) is 6. The number of carbonyl (C=O) groups excluding carboxylic acids is 3. The normalized spacial score (nSPS) is 33.3. The molecule has 0 radical (unpaired) electrons. The average Bonchev–Trinajstić information content (AvgIpc) is 3.25. The van der Waals surface area contributed by atoms with E-state index in [2.05, 4.69) is 0 Å². The van der Waals surface area contributed by atoms with Crippen molar-refractivity contribution in [3.05, 3.63) is 60.2 Å². The van der Waals surface area contributed by atoms with Gasteiger partial charge in [-0.25, -0.2) is 0 Å². The molecule has 8 nitrogen and oxygen atoms in total. The highest BCUT2D eigenvalue weighted by molar-refractivity contribution is 5.99. The van der Waals surface area contributed by atoms with Crippen molar-refractivity contribution >= 4 is 17.8 Å². The van der Waals surface area contributed by atoms with Crippen LogP contribution in [-0.2, 0) is 30.4 Å². The van der Waals surface area contributed by atoms with E-state index in [-0.39, 0.29) is 18.4 Å². The molecule has 5 atom stereocenters. The van der Waals surface area contributed by atoms with Crippen LogP contribution >= 0.6 is 0 Å². The Kier molecular flexibility index (Phi) is 8.24. The number of ether oxygens (including phenoxy) is 2. The minimum Gasteiger partial charge on any atom is -0.465 e. The van der Waals surface area contributed by atoms with Crippen molar-refractivity contribution in [1.82, 2.24) is 9.80 Å². The number of nitrogens with zero attached hydrogens (tertiary/aromatic N) is 2. The topological polar surface area (TPSA) is 96.4 Å². The second kappa shape index (κ2) is 11.6. The number of fused-ring (bicyclic) bond motifs is 2. The van der Waals surface area contributed by atoms with Crippen molar-refractivity contribution in [2.45, 2.75) is 75.7 Å². The summed E-state index contributed by atoms with van der Waals surface area (Å²) >= 11 is 0. The first kappa shape index (κ1) is 27.6. The Bertz CT molecular complexity index is 1120. The van der Waals surface area contributed by atoms with Crippen molar-refractivity contribution in [3.63, 3.8) is 0 Å². The Morgan fingerprint density at radius 2 is 1.74 bits per heavy atom. The number of hydrogen-bond donors (Lipinski definition) is 1. The second-order valence-corrected chi connectivity index (χ2v) is 11.3. The number of allylic oxidation sites excluding steroid dienone is 1. The lowest BCUT2D eigenvalue weighted by Gasteiger charge is -2.37. The van der Waals surface area contributed by atoms with E-state index < -0.39 is 35.0 Å². The van der Waals surface area contributed by atoms with E-state index in [4.69, 9.17) is 14.6 Å². The van der Waals surface area contributed by atoms with E-state index in [0.717, 1.165) is 37.7 Å². The van der Waals surface area contributed by atoms with Gasteiger partial charge in [0.25, 0.3) is 0 Å². The summed E-state index contributed by atoms with van der Waals surface area (Å²) in [5, 5.41) is 9.15. The predicted molar refractivity (Wildman–Crippen MR) is 145 cm³/mol. The summed E-state index contributed by atoms with van der Waals surface area (Å²) in [5.41, 5.74) is -1.33. The van der Waals surface area contributed by atoms with Gasteiger partial charge in [0.15, 0.2) is 0 Å². The summed E-state index contributed by atoms with van der Waals surface area (Å²) in [7, 11) is 0. The minimum absolute atomic E-state index is 0.137. The van der Waals surface area contributed by atoms with Crippen LogP contribution in [-0.4, -0.2) is 76.2 Å². The van der Waals surface area contributed by atoms with Crippen LogP contribution in [0.3, 0.4) is 0 Å². The minimum atomic E-state index is -1.26. The first-order chi connectivity index (χ1) is 18.9. The highest BCUT2D eigenvalue weighted by Gasteiger charge is 2.74. The van der Waals surface area contributed by atoms with Crippen LogP contribution in [0, 0.1) is 11.8 Å². The molecule has 2 fully saturated rings. The van der Waals surface area contributed by atoms with Crippen LogP contribution in [0.2, 0.25) is 0 Å². The van der Waals surface area contributed by atoms with Gasteiger partial charge in [-0.15, -0.1) is 0 Å². The van der Waals surface area contributed by atoms with Gasteiger partial charge in [-0.05, 0) is 44.6 Å². The van der Waals surface area contributed by atoms with Gasteiger partial charge in [0.2, 0.25) is 11.8 Å². The highest BCUT2D eigenvalue weighted by Crippen LogP contribution is 2.57. The molecule has 0 aromatic heterocycles. The zero-order valence-corrected chi connectivity index (χ0v) is 22.8. The predicted octanol–water partition coefficient (Wildman–Crippen LogP) is 3.39. The Morgan fingerprint density at radius 1 is 0.949 bits per heavy atom. The molecule has 5 rings (SSSR count). The van der Waals surface area contributed by atoms with Gasteiger partial charge < -0.3 is 24.4 Å². The number of rotatable bonds is 8. The summed E-state index contributed by atoms with van der Waals surface area (Å²) in [6.45, 7) is 3.50. The molecule has 1 unspecified atom stereocenters. The standard InChI is InChI=1S/C31H40N2O6/c1-30-16-9-2-5-12-21-38-29(37)25(30)24-27(35)33(19-10-3-4-11-20-34)26-28(36)32(18-13-17-31(24,26)39-30)22-23-14-7-6-8-15-23/h6-9,13-17,24-26,34H,2-5,10-12,18-22H2,1H3/b16-9-/t24-,25+,26?,30-,31-/m0/s1. The van der Waals surface area contributed by atoms with Gasteiger partial charge in [0, 0.05) is 26.2 Å². The first-order valence-electron chi connectivity index (χ1n) is 14.4. The number of carbonyl (C=O) groups is 3. The maximum Gasteiger partial charge on any atom is 0.313 e. The molecule has 1 aromatic carbocycles. The largest absolute Gasteiger partial charge is 0.465 e. The van der Waals surface area contributed by atoms with E-state index in [9.17, 15) is 14.4 Å². The number of aliphatic hydroxyl groups is 1. The smallest absolute Gasteiger partial charge is 0.313 e. The summed E-state index contributed by atoms with van der Waals surface area (Å²) in [6, 6.07) is 8.94. The van der Waals surface area contributed by atoms with Crippen LogP contribution in [0.4, 0.5) is 0 Å². The van der Waals surface area contributed by atoms with Crippen LogP contribution < -0.4 is 0 Å². The third-order valence-corrected chi connectivity index (χ3v) is 8.61. The highest BCUT2D eigenvalue weighted by atomic mass is 16.6. The van der Waals surface area contributed by atoms with Gasteiger partial charge in [-0.1, -0.05) is 67.5 Å². The zero-order valence-electron chi connectivity index (χ0n) is 22.8. The van der Waals surface area contributed by atoms with Crippen LogP contribution in [0.5, 0.6) is 0 Å². The Hall–Kier alpha value is -2.97. The fourth-order valence-corrected chi connectivity index (χ4v) is 6.78. The number of likely N-dealkylation sites (tertiary alicyclic amines) is 1. The summed E-state index contributed by atoms with van der Waals surface area (Å²) in [6.07, 6.45) is 13.3. The van der Waals surface area contributed by atoms with Gasteiger partial charge in [0.05, 0.1) is 18.1 Å².